The molecule has 0 bridgehead atoms. The molecule has 1 aliphatic rings. The monoisotopic (exact) mass is 159 g/mol. The third-order valence-corrected chi connectivity index (χ3v) is 1.13. The summed E-state index contributed by atoms with van der Waals surface area (Å²) < 4.78 is 0. The van der Waals surface area contributed by atoms with E-state index in [2.05, 4.69) is 22.9 Å². The predicted molar refractivity (Wildman–Crippen MR) is 32.9 cm³/mol. The molecule has 52 valence electrons. The molecule has 0 aromatic rings. The number of nitrogens with zero attached hydrogens (tertiary/aromatic N) is 3. The highest BCUT2D eigenvalue weighted by Gasteiger charge is 2.30. The fourth-order valence-corrected chi connectivity index (χ4v) is 0.665. The minimum Gasteiger partial charge on any atom is -0.258 e. The van der Waals surface area contributed by atoms with Crippen LogP contribution in [0.1, 0.15) is 0 Å². The summed E-state index contributed by atoms with van der Waals surface area (Å²) in [6.45, 7) is 0. The average molecular weight is 159 g/mol. The molecule has 0 unspecified atom stereocenters. The van der Waals surface area contributed by atoms with Crippen molar-refractivity contribution in [2.45, 2.75) is 0 Å². The lowest BCUT2D eigenvalue weighted by Crippen LogP contribution is -2.06. The molecule has 0 fully saturated rings. The number of hydrogen-bond donors (Lipinski definition) is 1. The van der Waals surface area contributed by atoms with Crippen LogP contribution in [-0.4, -0.2) is 10.8 Å². The van der Waals surface area contributed by atoms with Crippen molar-refractivity contribution < 1.29 is 9.72 Å². The highest BCUT2D eigenvalue weighted by Crippen LogP contribution is 2.19. The van der Waals surface area contributed by atoms with Gasteiger partial charge in [-0.2, -0.15) is 0 Å². The summed E-state index contributed by atoms with van der Waals surface area (Å²) in [5.41, 5.74) is -0.664. The van der Waals surface area contributed by atoms with Gasteiger partial charge in [-0.15, -0.1) is 17.7 Å². The van der Waals surface area contributed by atoms with Gasteiger partial charge in [-0.05, 0) is 0 Å². The Morgan fingerprint density at radius 2 is 2.10 bits per heavy atom. The lowest BCUT2D eigenvalue weighted by atomic mass is 10.5. The van der Waals surface area contributed by atoms with Gasteiger partial charge in [0.1, 0.15) is 0 Å². The second-order valence-corrected chi connectivity index (χ2v) is 1.86. The molecule has 1 amide bonds. The average Bonchev–Trinajstić information content (AvgIpc) is 2.11. The van der Waals surface area contributed by atoms with E-state index in [0.717, 1.165) is 0 Å². The molecule has 1 rings (SSSR count). The van der Waals surface area contributed by atoms with Crippen LogP contribution in [0.3, 0.4) is 0 Å². The summed E-state index contributed by atoms with van der Waals surface area (Å²) in [6, 6.07) is 0. The van der Waals surface area contributed by atoms with Crippen molar-refractivity contribution in [1.29, 1.82) is 0 Å². The molecule has 0 aromatic carbocycles. The smallest absolute Gasteiger partial charge is 0.258 e. The summed E-state index contributed by atoms with van der Waals surface area (Å²) >= 11 is 3.54. The first kappa shape index (κ1) is 6.87. The zero-order valence-corrected chi connectivity index (χ0v) is 5.41. The maximum absolute atomic E-state index is 10.4. The lowest BCUT2D eigenvalue weighted by molar-refractivity contribution is -0.418. The van der Waals surface area contributed by atoms with E-state index in [4.69, 9.17) is 0 Å². The molecule has 0 saturated heterocycles. The summed E-state index contributed by atoms with van der Waals surface area (Å²) in [6.07, 6.45) is 0. The lowest BCUT2D eigenvalue weighted by Gasteiger charge is -1.83. The number of hydrogen-bond acceptors (Lipinski definition) is 5. The molecule has 7 heteroatoms. The molecule has 0 aliphatic carbocycles. The molecule has 0 aromatic heterocycles. The molecule has 1 aliphatic heterocycles. The Labute approximate surface area is 60.2 Å². The summed E-state index contributed by atoms with van der Waals surface area (Å²) in [7, 11) is 0. The first-order valence-corrected chi connectivity index (χ1v) is 2.61. The molecule has 0 spiro atoms. The molecule has 10 heavy (non-hydrogen) atoms. The highest BCUT2D eigenvalue weighted by atomic mass is 32.1. The van der Waals surface area contributed by atoms with Gasteiger partial charge in [-0.1, -0.05) is 5.11 Å². The normalized spacial score (nSPS) is 16.7. The number of carbonyl (C=O) groups excluding carboxylic acids is 1. The van der Waals surface area contributed by atoms with E-state index in [1.54, 1.807) is 0 Å². The van der Waals surface area contributed by atoms with E-state index in [1.807, 2.05) is 0 Å². The van der Waals surface area contributed by atoms with Gasteiger partial charge in [-0.3, -0.25) is 14.9 Å². The predicted octanol–water partition coefficient (Wildman–Crippen LogP) is 0.354. The number of carbonyl (C=O) groups is 1. The minimum atomic E-state index is -0.949. The summed E-state index contributed by atoms with van der Waals surface area (Å²) in [4.78, 5) is 19.5. The van der Waals surface area contributed by atoms with Crippen LogP contribution in [0.15, 0.2) is 21.0 Å². The third kappa shape index (κ3) is 0.903. The van der Waals surface area contributed by atoms with Crippen LogP contribution in [0, 0.1) is 10.1 Å². The largest absolute Gasteiger partial charge is 0.370 e. The van der Waals surface area contributed by atoms with Crippen molar-refractivity contribution in [2.75, 3.05) is 0 Å². The Bertz CT molecular complexity index is 268. The molecule has 1 heterocycles. The standard InChI is InChI=1S/C3HN3O3S/c7-2-1(6(8)9)3(10)5-4-2/h10H. The second kappa shape index (κ2) is 2.18. The first-order valence-electron chi connectivity index (χ1n) is 2.16. The van der Waals surface area contributed by atoms with Crippen LogP contribution in [0.2, 0.25) is 0 Å². The topological polar surface area (TPSA) is 84.9 Å². The fraction of sp³-hybridized carbons (Fsp3) is 0. The van der Waals surface area contributed by atoms with Gasteiger partial charge in [0.15, 0.2) is 5.03 Å². The van der Waals surface area contributed by atoms with E-state index in [0.29, 0.717) is 0 Å². The number of amides is 1. The Hall–Kier alpha value is -1.24. The first-order chi connectivity index (χ1) is 4.63. The van der Waals surface area contributed by atoms with Crippen molar-refractivity contribution in [1.82, 2.24) is 0 Å². The van der Waals surface area contributed by atoms with Gasteiger partial charge < -0.3 is 0 Å². The zero-order valence-electron chi connectivity index (χ0n) is 4.51. The summed E-state index contributed by atoms with van der Waals surface area (Å²) in [5, 5.41) is 15.8. The molecule has 0 N–H and O–H groups in total. The number of thiol groups is 1. The van der Waals surface area contributed by atoms with Crippen LogP contribution in [0.5, 0.6) is 0 Å². The van der Waals surface area contributed by atoms with Crippen molar-refractivity contribution in [3.05, 3.63) is 20.8 Å². The van der Waals surface area contributed by atoms with Crippen molar-refractivity contribution in [3.63, 3.8) is 0 Å². The van der Waals surface area contributed by atoms with E-state index in [1.165, 1.54) is 0 Å². The summed E-state index contributed by atoms with van der Waals surface area (Å²) in [5.74, 6) is -0.949. The molecule has 0 atom stereocenters. The van der Waals surface area contributed by atoms with Gasteiger partial charge >= 0.3 is 11.6 Å². The van der Waals surface area contributed by atoms with Gasteiger partial charge in [0.2, 0.25) is 0 Å². The number of rotatable bonds is 1. The Kier molecular flexibility index (Phi) is 1.50. The third-order valence-electron chi connectivity index (χ3n) is 0.833. The van der Waals surface area contributed by atoms with Crippen LogP contribution >= 0.6 is 12.6 Å². The van der Waals surface area contributed by atoms with Gasteiger partial charge in [0, 0.05) is 0 Å². The Balaban J connectivity index is 3.08. The van der Waals surface area contributed by atoms with Crippen LogP contribution in [-0.2, 0) is 4.79 Å². The van der Waals surface area contributed by atoms with E-state index < -0.39 is 16.5 Å². The highest BCUT2D eigenvalue weighted by molar-refractivity contribution is 7.84. The molecular weight excluding hydrogens is 158 g/mol. The molecule has 0 radical (unpaired) electrons. The molecule has 0 saturated carbocycles. The van der Waals surface area contributed by atoms with Crippen molar-refractivity contribution in [2.24, 2.45) is 10.2 Å². The fourth-order valence-electron chi connectivity index (χ4n) is 0.443. The maximum Gasteiger partial charge on any atom is 0.370 e. The SMILES string of the molecule is O=C1N=NC(S)=C1[N+](=O)[O-]. The minimum absolute atomic E-state index is 0.241. The maximum atomic E-state index is 10.4. The van der Waals surface area contributed by atoms with Crippen LogP contribution in [0.4, 0.5) is 0 Å². The van der Waals surface area contributed by atoms with E-state index >= 15 is 0 Å². The van der Waals surface area contributed by atoms with Crippen LogP contribution in [0.25, 0.3) is 0 Å². The molecular formula is C3HN3O3S. The number of azo groups is 1. The van der Waals surface area contributed by atoms with Gasteiger partial charge in [0.25, 0.3) is 0 Å². The Morgan fingerprint density at radius 3 is 2.30 bits per heavy atom. The second-order valence-electron chi connectivity index (χ2n) is 1.43. The van der Waals surface area contributed by atoms with Crippen LogP contribution < -0.4 is 0 Å². The van der Waals surface area contributed by atoms with E-state index in [-0.39, 0.29) is 5.03 Å². The van der Waals surface area contributed by atoms with E-state index in [9.17, 15) is 14.9 Å². The molecule has 6 nitrogen and oxygen atoms in total. The Morgan fingerprint density at radius 1 is 1.50 bits per heavy atom. The quantitative estimate of drug-likeness (QED) is 0.340. The van der Waals surface area contributed by atoms with Crippen molar-refractivity contribution in [3.8, 4) is 0 Å². The van der Waals surface area contributed by atoms with Crippen molar-refractivity contribution >= 4 is 18.5 Å². The van der Waals surface area contributed by atoms with Gasteiger partial charge in [-0.25, -0.2) is 0 Å². The zero-order chi connectivity index (χ0) is 7.72. The number of nitro groups is 1. The van der Waals surface area contributed by atoms with Gasteiger partial charge in [0.05, 0.1) is 4.92 Å².